The molecule has 0 aromatic rings. The molecule has 2 fully saturated rings. The highest BCUT2D eigenvalue weighted by Gasteiger charge is 2.61. The van der Waals surface area contributed by atoms with E-state index in [1.54, 1.807) is 0 Å². The number of rotatable bonds is 2. The monoisotopic (exact) mass is 237 g/mol. The van der Waals surface area contributed by atoms with Gasteiger partial charge in [0.1, 0.15) is 0 Å². The molecule has 0 aromatic carbocycles. The molecule has 3 nitrogen and oxygen atoms in total. The van der Waals surface area contributed by atoms with Gasteiger partial charge in [-0.05, 0) is 25.2 Å². The highest BCUT2D eigenvalue weighted by molar-refractivity contribution is 5.84. The van der Waals surface area contributed by atoms with E-state index in [2.05, 4.69) is 33.8 Å². The molecule has 2 rings (SSSR count). The highest BCUT2D eigenvalue weighted by atomic mass is 16.5. The van der Waals surface area contributed by atoms with Gasteiger partial charge in [-0.15, -0.1) is 0 Å². The van der Waals surface area contributed by atoms with Crippen LogP contribution in [0.5, 0.6) is 0 Å². The minimum atomic E-state index is 0.132. The van der Waals surface area contributed by atoms with Gasteiger partial charge in [0.25, 0.3) is 0 Å². The van der Waals surface area contributed by atoms with Crippen LogP contribution in [0.1, 0.15) is 27.7 Å². The molecule has 0 spiro atoms. The standard InChI is InChI=1S/C14H23NO2/c1-10(2)9-11-12(14(11,3)4)13(16)15-5-7-17-8-6-15/h9,11-12H,5-8H2,1-4H3. The fourth-order valence-corrected chi connectivity index (χ4v) is 2.80. The number of amides is 1. The third-order valence-corrected chi connectivity index (χ3v) is 4.01. The van der Waals surface area contributed by atoms with Gasteiger partial charge in [-0.3, -0.25) is 4.79 Å². The van der Waals surface area contributed by atoms with Crippen molar-refractivity contribution in [2.75, 3.05) is 26.3 Å². The molecule has 1 heterocycles. The summed E-state index contributed by atoms with van der Waals surface area (Å²) >= 11 is 0. The van der Waals surface area contributed by atoms with Gasteiger partial charge < -0.3 is 9.64 Å². The Balaban J connectivity index is 2.03. The van der Waals surface area contributed by atoms with E-state index in [0.717, 1.165) is 13.1 Å². The van der Waals surface area contributed by atoms with E-state index in [9.17, 15) is 4.79 Å². The summed E-state index contributed by atoms with van der Waals surface area (Å²) in [6.07, 6.45) is 2.25. The van der Waals surface area contributed by atoms with Gasteiger partial charge in [0.05, 0.1) is 19.1 Å². The van der Waals surface area contributed by atoms with Crippen molar-refractivity contribution in [1.82, 2.24) is 4.90 Å². The van der Waals surface area contributed by atoms with Gasteiger partial charge in [-0.1, -0.05) is 25.5 Å². The summed E-state index contributed by atoms with van der Waals surface area (Å²) in [7, 11) is 0. The number of hydrogen-bond acceptors (Lipinski definition) is 2. The molecule has 1 aliphatic heterocycles. The molecule has 1 saturated heterocycles. The molecular weight excluding hydrogens is 214 g/mol. The zero-order valence-electron chi connectivity index (χ0n) is 11.3. The number of hydrogen-bond donors (Lipinski definition) is 0. The number of carbonyl (C=O) groups excluding carboxylic acids is 1. The summed E-state index contributed by atoms with van der Waals surface area (Å²) in [5, 5.41) is 0. The Bertz CT molecular complexity index is 336. The van der Waals surface area contributed by atoms with E-state index in [0.29, 0.717) is 25.0 Å². The lowest BCUT2D eigenvalue weighted by molar-refractivity contribution is -0.137. The predicted molar refractivity (Wildman–Crippen MR) is 67.6 cm³/mol. The van der Waals surface area contributed by atoms with Crippen molar-refractivity contribution in [3.8, 4) is 0 Å². The van der Waals surface area contributed by atoms with E-state index in [1.165, 1.54) is 5.57 Å². The zero-order valence-corrected chi connectivity index (χ0v) is 11.3. The van der Waals surface area contributed by atoms with Crippen LogP contribution in [-0.2, 0) is 9.53 Å². The maximum absolute atomic E-state index is 12.4. The minimum absolute atomic E-state index is 0.132. The largest absolute Gasteiger partial charge is 0.378 e. The van der Waals surface area contributed by atoms with Crippen LogP contribution in [0.25, 0.3) is 0 Å². The Kier molecular flexibility index (Phi) is 3.30. The van der Waals surface area contributed by atoms with Crippen molar-refractivity contribution >= 4 is 5.91 Å². The smallest absolute Gasteiger partial charge is 0.227 e. The number of morpholine rings is 1. The molecular formula is C14H23NO2. The van der Waals surface area contributed by atoms with Crippen LogP contribution in [0.3, 0.4) is 0 Å². The lowest BCUT2D eigenvalue weighted by Crippen LogP contribution is -2.42. The summed E-state index contributed by atoms with van der Waals surface area (Å²) in [6.45, 7) is 11.5. The predicted octanol–water partition coefficient (Wildman–Crippen LogP) is 2.08. The van der Waals surface area contributed by atoms with E-state index in [1.807, 2.05) is 4.90 Å². The van der Waals surface area contributed by atoms with Crippen molar-refractivity contribution in [3.05, 3.63) is 11.6 Å². The van der Waals surface area contributed by atoms with Crippen LogP contribution < -0.4 is 0 Å². The summed E-state index contributed by atoms with van der Waals surface area (Å²) in [5.74, 6) is 0.916. The zero-order chi connectivity index (χ0) is 12.6. The first-order valence-electron chi connectivity index (χ1n) is 6.46. The average molecular weight is 237 g/mol. The van der Waals surface area contributed by atoms with Crippen LogP contribution in [0.4, 0.5) is 0 Å². The van der Waals surface area contributed by atoms with Gasteiger partial charge in [0.2, 0.25) is 5.91 Å². The molecule has 96 valence electrons. The normalized spacial score (nSPS) is 30.9. The highest BCUT2D eigenvalue weighted by Crippen LogP contribution is 2.60. The van der Waals surface area contributed by atoms with Crippen molar-refractivity contribution in [2.45, 2.75) is 27.7 Å². The van der Waals surface area contributed by atoms with Crippen LogP contribution >= 0.6 is 0 Å². The average Bonchev–Trinajstić information content (AvgIpc) is 2.80. The Labute approximate surface area is 104 Å². The third kappa shape index (κ3) is 2.39. The number of ether oxygens (including phenoxy) is 1. The fraction of sp³-hybridized carbons (Fsp3) is 0.786. The molecule has 1 aliphatic carbocycles. The van der Waals surface area contributed by atoms with Gasteiger partial charge in [0.15, 0.2) is 0 Å². The molecule has 1 amide bonds. The second kappa shape index (κ2) is 4.45. The Morgan fingerprint density at radius 2 is 1.88 bits per heavy atom. The van der Waals surface area contributed by atoms with E-state index < -0.39 is 0 Å². The fourth-order valence-electron chi connectivity index (χ4n) is 2.80. The van der Waals surface area contributed by atoms with E-state index in [-0.39, 0.29) is 11.3 Å². The van der Waals surface area contributed by atoms with Crippen LogP contribution in [0, 0.1) is 17.3 Å². The topological polar surface area (TPSA) is 29.5 Å². The molecule has 0 N–H and O–H groups in total. The van der Waals surface area contributed by atoms with Crippen LogP contribution in [0.15, 0.2) is 11.6 Å². The Hall–Kier alpha value is -0.830. The molecule has 3 heteroatoms. The first-order chi connectivity index (χ1) is 7.94. The lowest BCUT2D eigenvalue weighted by atomic mass is 10.1. The van der Waals surface area contributed by atoms with Crippen molar-refractivity contribution < 1.29 is 9.53 Å². The number of carbonyl (C=O) groups is 1. The van der Waals surface area contributed by atoms with Gasteiger partial charge >= 0.3 is 0 Å². The molecule has 2 aliphatic rings. The molecule has 0 aromatic heterocycles. The molecule has 2 atom stereocenters. The Morgan fingerprint density at radius 1 is 1.29 bits per heavy atom. The quantitative estimate of drug-likeness (QED) is 0.688. The Morgan fingerprint density at radius 3 is 2.41 bits per heavy atom. The number of nitrogens with zero attached hydrogens (tertiary/aromatic N) is 1. The van der Waals surface area contributed by atoms with Crippen molar-refractivity contribution in [1.29, 1.82) is 0 Å². The van der Waals surface area contributed by atoms with Crippen molar-refractivity contribution in [3.63, 3.8) is 0 Å². The third-order valence-electron chi connectivity index (χ3n) is 4.01. The lowest BCUT2D eigenvalue weighted by Gasteiger charge is -2.27. The van der Waals surface area contributed by atoms with E-state index >= 15 is 0 Å². The summed E-state index contributed by atoms with van der Waals surface area (Å²) in [4.78, 5) is 14.4. The maximum atomic E-state index is 12.4. The molecule has 0 radical (unpaired) electrons. The van der Waals surface area contributed by atoms with Gasteiger partial charge in [-0.2, -0.15) is 0 Å². The summed E-state index contributed by atoms with van der Waals surface area (Å²) < 4.78 is 5.29. The molecule has 2 unspecified atom stereocenters. The SMILES string of the molecule is CC(C)=CC1C(C(=O)N2CCOCC2)C1(C)C. The van der Waals surface area contributed by atoms with Gasteiger partial charge in [0, 0.05) is 13.1 Å². The second-order valence-corrected chi connectivity index (χ2v) is 6.01. The minimum Gasteiger partial charge on any atom is -0.378 e. The first-order valence-corrected chi connectivity index (χ1v) is 6.46. The molecule has 0 bridgehead atoms. The van der Waals surface area contributed by atoms with Crippen molar-refractivity contribution in [2.24, 2.45) is 17.3 Å². The van der Waals surface area contributed by atoms with E-state index in [4.69, 9.17) is 4.74 Å². The molecule has 17 heavy (non-hydrogen) atoms. The summed E-state index contributed by atoms with van der Waals surface area (Å²) in [5.41, 5.74) is 1.44. The summed E-state index contributed by atoms with van der Waals surface area (Å²) in [6, 6.07) is 0. The number of allylic oxidation sites excluding steroid dienone is 2. The van der Waals surface area contributed by atoms with Crippen LogP contribution in [-0.4, -0.2) is 37.1 Å². The first kappa shape index (κ1) is 12.6. The molecule has 1 saturated carbocycles. The van der Waals surface area contributed by atoms with Gasteiger partial charge in [-0.25, -0.2) is 0 Å². The van der Waals surface area contributed by atoms with Crippen LogP contribution in [0.2, 0.25) is 0 Å². The second-order valence-electron chi connectivity index (χ2n) is 6.01. The maximum Gasteiger partial charge on any atom is 0.227 e.